The summed E-state index contributed by atoms with van der Waals surface area (Å²) >= 11 is 0. The lowest BCUT2D eigenvalue weighted by molar-refractivity contribution is 0.244. The van der Waals surface area contributed by atoms with Crippen LogP contribution in [0.2, 0.25) is 0 Å². The van der Waals surface area contributed by atoms with Crippen molar-refractivity contribution in [1.82, 2.24) is 19.5 Å². The van der Waals surface area contributed by atoms with E-state index in [9.17, 15) is 0 Å². The molecule has 0 aromatic carbocycles. The molecule has 2 atom stereocenters. The number of nitrogen functional groups attached to an aromatic ring is 1. The van der Waals surface area contributed by atoms with E-state index in [0.29, 0.717) is 23.5 Å². The van der Waals surface area contributed by atoms with E-state index in [2.05, 4.69) is 15.0 Å². The number of hydrogen-bond donors (Lipinski definition) is 3. The molecule has 1 saturated carbocycles. The Hall–Kier alpha value is -1.73. The summed E-state index contributed by atoms with van der Waals surface area (Å²) in [6, 6.07) is 0. The summed E-state index contributed by atoms with van der Waals surface area (Å²) in [6.45, 7) is 0.714. The first-order chi connectivity index (χ1) is 8.14. The second-order valence-corrected chi connectivity index (χ2v) is 4.62. The normalized spacial score (nSPS) is 27.5. The second-order valence-electron chi connectivity index (χ2n) is 4.62. The van der Waals surface area contributed by atoms with Crippen LogP contribution in [0, 0.1) is 5.92 Å². The Morgan fingerprint density at radius 2 is 2.29 bits per heavy atom. The third-order valence-corrected chi connectivity index (χ3v) is 3.42. The number of nitrogens with zero attached hydrogens (tertiary/aromatic N) is 4. The molecular formula is C10H14N6O. The Kier molecular flexibility index (Phi) is 2.07. The van der Waals surface area contributed by atoms with E-state index in [4.69, 9.17) is 16.6 Å². The van der Waals surface area contributed by atoms with Crippen molar-refractivity contribution < 1.29 is 5.11 Å². The maximum Gasteiger partial charge on any atom is 0.165 e. The van der Waals surface area contributed by atoms with E-state index >= 15 is 0 Å². The lowest BCUT2D eigenvalue weighted by Crippen LogP contribution is -2.30. The van der Waals surface area contributed by atoms with Crippen molar-refractivity contribution in [3.8, 4) is 0 Å². The van der Waals surface area contributed by atoms with Gasteiger partial charge >= 0.3 is 0 Å². The van der Waals surface area contributed by atoms with Gasteiger partial charge in [-0.1, -0.05) is 0 Å². The highest BCUT2D eigenvalue weighted by atomic mass is 16.3. The molecule has 0 amide bonds. The lowest BCUT2D eigenvalue weighted by atomic mass is 10.2. The lowest BCUT2D eigenvalue weighted by Gasteiger charge is -2.07. The van der Waals surface area contributed by atoms with E-state index in [-0.39, 0.29) is 12.5 Å². The summed E-state index contributed by atoms with van der Waals surface area (Å²) < 4.78 is 1.91. The number of aliphatic hydroxyl groups excluding tert-OH is 1. The molecular weight excluding hydrogens is 220 g/mol. The SMILES string of the molecule is Nc1ncnc2c1ncn2C[C@@H]1C[C@@]1(N)CO. The molecule has 5 N–H and O–H groups in total. The Balaban J connectivity index is 1.90. The van der Waals surface area contributed by atoms with Crippen LogP contribution < -0.4 is 11.5 Å². The first kappa shape index (κ1) is 10.4. The monoisotopic (exact) mass is 234 g/mol. The van der Waals surface area contributed by atoms with Crippen molar-refractivity contribution in [1.29, 1.82) is 0 Å². The molecule has 2 aromatic rings. The van der Waals surface area contributed by atoms with E-state index < -0.39 is 5.54 Å². The van der Waals surface area contributed by atoms with Crippen molar-refractivity contribution in [2.75, 3.05) is 12.3 Å². The molecule has 1 aliphatic carbocycles. The zero-order chi connectivity index (χ0) is 12.0. The fourth-order valence-electron chi connectivity index (χ4n) is 2.11. The topological polar surface area (TPSA) is 116 Å². The summed E-state index contributed by atoms with van der Waals surface area (Å²) in [4.78, 5) is 12.2. The van der Waals surface area contributed by atoms with Crippen molar-refractivity contribution in [2.45, 2.75) is 18.5 Å². The van der Waals surface area contributed by atoms with Crippen LogP contribution >= 0.6 is 0 Å². The van der Waals surface area contributed by atoms with Gasteiger partial charge < -0.3 is 21.1 Å². The zero-order valence-corrected chi connectivity index (χ0v) is 9.24. The molecule has 0 saturated heterocycles. The molecule has 2 aromatic heterocycles. The first-order valence-corrected chi connectivity index (χ1v) is 5.45. The molecule has 0 aliphatic heterocycles. The van der Waals surface area contributed by atoms with Gasteiger partial charge in [-0.3, -0.25) is 0 Å². The summed E-state index contributed by atoms with van der Waals surface area (Å²) in [5.74, 6) is 0.645. The van der Waals surface area contributed by atoms with Crippen LogP contribution in [0.5, 0.6) is 0 Å². The van der Waals surface area contributed by atoms with Gasteiger partial charge in [0.2, 0.25) is 0 Å². The summed E-state index contributed by atoms with van der Waals surface area (Å²) in [5.41, 5.74) is 12.5. The smallest absolute Gasteiger partial charge is 0.165 e. The molecule has 0 bridgehead atoms. The second kappa shape index (κ2) is 3.38. The van der Waals surface area contributed by atoms with Gasteiger partial charge in [-0.05, 0) is 12.3 Å². The number of hydrogen-bond acceptors (Lipinski definition) is 6. The van der Waals surface area contributed by atoms with Crippen LogP contribution in [-0.4, -0.2) is 36.8 Å². The Bertz CT molecular complexity index is 567. The molecule has 2 heterocycles. The number of aromatic nitrogens is 4. The third-order valence-electron chi connectivity index (χ3n) is 3.42. The molecule has 1 fully saturated rings. The molecule has 7 heteroatoms. The molecule has 0 unspecified atom stereocenters. The number of rotatable bonds is 3. The minimum Gasteiger partial charge on any atom is -0.394 e. The Labute approximate surface area is 97.5 Å². The van der Waals surface area contributed by atoms with Crippen LogP contribution in [0.25, 0.3) is 11.2 Å². The van der Waals surface area contributed by atoms with Crippen molar-refractivity contribution in [3.05, 3.63) is 12.7 Å². The Morgan fingerprint density at radius 3 is 3.00 bits per heavy atom. The minimum absolute atomic E-state index is 0.0153. The molecule has 1 aliphatic rings. The molecule has 17 heavy (non-hydrogen) atoms. The first-order valence-electron chi connectivity index (χ1n) is 5.45. The molecule has 0 spiro atoms. The number of imidazole rings is 1. The molecule has 0 radical (unpaired) electrons. The molecule has 3 rings (SSSR count). The maximum absolute atomic E-state index is 9.13. The van der Waals surface area contributed by atoms with E-state index in [1.807, 2.05) is 4.57 Å². The van der Waals surface area contributed by atoms with Crippen LogP contribution in [0.4, 0.5) is 5.82 Å². The van der Waals surface area contributed by atoms with Crippen LogP contribution in [0.15, 0.2) is 12.7 Å². The van der Waals surface area contributed by atoms with Gasteiger partial charge in [0.15, 0.2) is 11.5 Å². The largest absolute Gasteiger partial charge is 0.394 e. The zero-order valence-electron chi connectivity index (χ0n) is 9.24. The van der Waals surface area contributed by atoms with Gasteiger partial charge in [-0.15, -0.1) is 0 Å². The summed E-state index contributed by atoms with van der Waals surface area (Å²) in [6.07, 6.45) is 3.93. The number of anilines is 1. The highest BCUT2D eigenvalue weighted by molar-refractivity contribution is 5.81. The number of fused-ring (bicyclic) bond motifs is 1. The number of nitrogens with two attached hydrogens (primary N) is 2. The van der Waals surface area contributed by atoms with E-state index in [0.717, 1.165) is 6.42 Å². The summed E-state index contributed by atoms with van der Waals surface area (Å²) in [7, 11) is 0. The van der Waals surface area contributed by atoms with Crippen LogP contribution in [0.1, 0.15) is 6.42 Å². The van der Waals surface area contributed by atoms with Crippen LogP contribution in [0.3, 0.4) is 0 Å². The predicted molar refractivity (Wildman–Crippen MR) is 61.8 cm³/mol. The quantitative estimate of drug-likeness (QED) is 0.635. The molecule has 7 nitrogen and oxygen atoms in total. The average molecular weight is 234 g/mol. The highest BCUT2D eigenvalue weighted by Gasteiger charge is 2.50. The van der Waals surface area contributed by atoms with Gasteiger partial charge in [0.25, 0.3) is 0 Å². The number of aliphatic hydroxyl groups is 1. The van der Waals surface area contributed by atoms with E-state index in [1.165, 1.54) is 6.33 Å². The van der Waals surface area contributed by atoms with Gasteiger partial charge in [0.05, 0.1) is 12.9 Å². The fourth-order valence-corrected chi connectivity index (χ4v) is 2.11. The third kappa shape index (κ3) is 1.55. The van der Waals surface area contributed by atoms with Gasteiger partial charge in [0.1, 0.15) is 11.8 Å². The summed E-state index contributed by atoms with van der Waals surface area (Å²) in [5, 5.41) is 9.13. The fraction of sp³-hybridized carbons (Fsp3) is 0.500. The standard InChI is InChI=1S/C10H14N6O/c11-8-7-9(14-4-13-8)16(5-15-7)2-6-1-10(6,12)3-17/h4-6,17H,1-3,12H2,(H2,11,13,14)/t6-,10+/m0/s1. The van der Waals surface area contributed by atoms with E-state index in [1.54, 1.807) is 6.33 Å². The average Bonchev–Trinajstić information content (AvgIpc) is 2.78. The molecule has 90 valence electrons. The maximum atomic E-state index is 9.13. The van der Waals surface area contributed by atoms with Gasteiger partial charge in [0, 0.05) is 12.1 Å². The van der Waals surface area contributed by atoms with Gasteiger partial charge in [-0.2, -0.15) is 0 Å². The van der Waals surface area contributed by atoms with Crippen LogP contribution in [-0.2, 0) is 6.54 Å². The van der Waals surface area contributed by atoms with Gasteiger partial charge in [-0.25, -0.2) is 15.0 Å². The minimum atomic E-state index is -0.435. The van der Waals surface area contributed by atoms with Crippen molar-refractivity contribution in [2.24, 2.45) is 11.7 Å². The van der Waals surface area contributed by atoms with Crippen molar-refractivity contribution >= 4 is 17.0 Å². The predicted octanol–water partition coefficient (Wildman–Crippen LogP) is -0.882. The van der Waals surface area contributed by atoms with Crippen molar-refractivity contribution in [3.63, 3.8) is 0 Å². The Morgan fingerprint density at radius 1 is 1.47 bits per heavy atom. The highest BCUT2D eigenvalue weighted by Crippen LogP contribution is 2.42.